The third-order valence-corrected chi connectivity index (χ3v) is 5.91. The first-order chi connectivity index (χ1) is 14.0. The Morgan fingerprint density at radius 2 is 0.897 bits per heavy atom. The van der Waals surface area contributed by atoms with Crippen molar-refractivity contribution in [2.75, 3.05) is 26.4 Å². The summed E-state index contributed by atoms with van der Waals surface area (Å²) in [5.74, 6) is 1.04. The van der Waals surface area contributed by atoms with Crippen LogP contribution in [-0.2, 0) is 18.9 Å². The van der Waals surface area contributed by atoms with Crippen LogP contribution in [0.1, 0.15) is 74.4 Å². The third-order valence-electron chi connectivity index (χ3n) is 5.91. The van der Waals surface area contributed by atoms with Crippen LogP contribution in [0.2, 0.25) is 0 Å². The van der Waals surface area contributed by atoms with Crippen molar-refractivity contribution < 1.29 is 18.9 Å². The fourth-order valence-electron chi connectivity index (χ4n) is 3.82. The molecule has 0 radical (unpaired) electrons. The monoisotopic (exact) mass is 396 g/mol. The fraction of sp³-hybridized carbons (Fsp3) is 0.520. The van der Waals surface area contributed by atoms with Gasteiger partial charge < -0.3 is 18.9 Å². The number of benzene rings is 2. The molecule has 0 amide bonds. The maximum absolute atomic E-state index is 6.06. The van der Waals surface area contributed by atoms with Crippen molar-refractivity contribution >= 4 is 0 Å². The first-order valence-electron chi connectivity index (χ1n) is 10.6. The average Bonchev–Trinajstić information content (AvgIpc) is 2.75. The number of ether oxygens (including phenoxy) is 4. The predicted molar refractivity (Wildman–Crippen MR) is 113 cm³/mol. The lowest BCUT2D eigenvalue weighted by atomic mass is 9.90. The van der Waals surface area contributed by atoms with E-state index in [1.807, 2.05) is 0 Å². The van der Waals surface area contributed by atoms with Gasteiger partial charge in [0.15, 0.2) is 12.6 Å². The van der Waals surface area contributed by atoms with Crippen molar-refractivity contribution in [3.8, 4) is 0 Å². The molecule has 4 rings (SSSR count). The van der Waals surface area contributed by atoms with E-state index in [2.05, 4.69) is 76.2 Å². The molecular formula is C25H32O4. The van der Waals surface area contributed by atoms with E-state index in [4.69, 9.17) is 18.9 Å². The molecule has 2 aromatic rings. The minimum Gasteiger partial charge on any atom is -0.348 e. The molecule has 0 aromatic heterocycles. The molecule has 0 aliphatic carbocycles. The zero-order valence-electron chi connectivity index (χ0n) is 17.9. The van der Waals surface area contributed by atoms with Gasteiger partial charge in [-0.15, -0.1) is 0 Å². The Bertz CT molecular complexity index is 706. The SMILES string of the molecule is CC(C)c1ccc(C2OCC3(CO2)COC(c2ccc(C(C)C)cc2)OC3)cc1. The highest BCUT2D eigenvalue weighted by atomic mass is 16.7. The number of hydrogen-bond acceptors (Lipinski definition) is 4. The molecular weight excluding hydrogens is 364 g/mol. The fourth-order valence-corrected chi connectivity index (χ4v) is 3.82. The van der Waals surface area contributed by atoms with Crippen molar-refractivity contribution in [2.24, 2.45) is 5.41 Å². The van der Waals surface area contributed by atoms with Crippen LogP contribution < -0.4 is 0 Å². The Labute approximate surface area is 174 Å². The first kappa shape index (κ1) is 20.5. The maximum atomic E-state index is 6.06. The highest BCUT2D eigenvalue weighted by Crippen LogP contribution is 2.38. The van der Waals surface area contributed by atoms with E-state index in [1.54, 1.807) is 0 Å². The second kappa shape index (κ2) is 8.57. The molecule has 2 aliphatic rings. The summed E-state index contributed by atoms with van der Waals surface area (Å²) in [6.45, 7) is 11.1. The summed E-state index contributed by atoms with van der Waals surface area (Å²) >= 11 is 0. The second-order valence-corrected chi connectivity index (χ2v) is 9.05. The molecule has 2 fully saturated rings. The van der Waals surface area contributed by atoms with Gasteiger partial charge in [0.2, 0.25) is 0 Å². The number of rotatable bonds is 4. The number of hydrogen-bond donors (Lipinski definition) is 0. The van der Waals surface area contributed by atoms with Crippen molar-refractivity contribution in [1.82, 2.24) is 0 Å². The van der Waals surface area contributed by atoms with Crippen LogP contribution in [-0.4, -0.2) is 26.4 Å². The largest absolute Gasteiger partial charge is 0.348 e. The van der Waals surface area contributed by atoms with Crippen molar-refractivity contribution in [3.63, 3.8) is 0 Å². The van der Waals surface area contributed by atoms with E-state index in [0.717, 1.165) is 11.1 Å². The quantitative estimate of drug-likeness (QED) is 0.663. The summed E-state index contributed by atoms with van der Waals surface area (Å²) < 4.78 is 24.2. The smallest absolute Gasteiger partial charge is 0.183 e. The Kier molecular flexibility index (Phi) is 6.07. The highest BCUT2D eigenvalue weighted by Gasteiger charge is 2.42. The molecule has 0 unspecified atom stereocenters. The Hall–Kier alpha value is -1.72. The minimum absolute atomic E-state index is 0.233. The summed E-state index contributed by atoms with van der Waals surface area (Å²) in [6, 6.07) is 17.0. The van der Waals surface area contributed by atoms with Crippen LogP contribution in [0.4, 0.5) is 0 Å². The van der Waals surface area contributed by atoms with Gasteiger partial charge in [-0.1, -0.05) is 76.2 Å². The third kappa shape index (κ3) is 4.56. The lowest BCUT2D eigenvalue weighted by molar-refractivity contribution is -0.307. The van der Waals surface area contributed by atoms with E-state index in [0.29, 0.717) is 38.3 Å². The molecule has 156 valence electrons. The van der Waals surface area contributed by atoms with E-state index in [1.165, 1.54) is 11.1 Å². The van der Waals surface area contributed by atoms with Crippen LogP contribution in [0.3, 0.4) is 0 Å². The molecule has 4 nitrogen and oxygen atoms in total. The van der Waals surface area contributed by atoms with Crippen LogP contribution in [0, 0.1) is 5.41 Å². The topological polar surface area (TPSA) is 36.9 Å². The Morgan fingerprint density at radius 3 is 1.17 bits per heavy atom. The van der Waals surface area contributed by atoms with E-state index >= 15 is 0 Å². The molecule has 0 atom stereocenters. The summed E-state index contributed by atoms with van der Waals surface area (Å²) in [6.07, 6.45) is -0.633. The maximum Gasteiger partial charge on any atom is 0.183 e. The van der Waals surface area contributed by atoms with Gasteiger partial charge in [-0.25, -0.2) is 0 Å². The molecule has 4 heteroatoms. The zero-order valence-corrected chi connectivity index (χ0v) is 17.9. The van der Waals surface area contributed by atoms with Gasteiger partial charge >= 0.3 is 0 Å². The van der Waals surface area contributed by atoms with Gasteiger partial charge in [-0.3, -0.25) is 0 Å². The molecule has 0 saturated carbocycles. The lowest BCUT2D eigenvalue weighted by Crippen LogP contribution is -2.49. The van der Waals surface area contributed by atoms with Gasteiger partial charge in [-0.05, 0) is 23.0 Å². The zero-order chi connectivity index (χ0) is 20.4. The lowest BCUT2D eigenvalue weighted by Gasteiger charge is -2.43. The van der Waals surface area contributed by atoms with Crippen molar-refractivity contribution in [1.29, 1.82) is 0 Å². The summed E-state index contributed by atoms with van der Waals surface area (Å²) in [7, 11) is 0. The van der Waals surface area contributed by atoms with Crippen LogP contribution in [0.25, 0.3) is 0 Å². The summed E-state index contributed by atoms with van der Waals surface area (Å²) in [5.41, 5.74) is 4.53. The van der Waals surface area contributed by atoms with E-state index in [-0.39, 0.29) is 18.0 Å². The first-order valence-corrected chi connectivity index (χ1v) is 10.6. The van der Waals surface area contributed by atoms with E-state index in [9.17, 15) is 0 Å². The molecule has 1 spiro atoms. The second-order valence-electron chi connectivity index (χ2n) is 9.05. The average molecular weight is 397 g/mol. The van der Waals surface area contributed by atoms with E-state index < -0.39 is 0 Å². The summed E-state index contributed by atoms with van der Waals surface area (Å²) in [5, 5.41) is 0. The normalized spacial score (nSPS) is 27.7. The van der Waals surface area contributed by atoms with Gasteiger partial charge in [-0.2, -0.15) is 0 Å². The van der Waals surface area contributed by atoms with Gasteiger partial charge in [0.25, 0.3) is 0 Å². The van der Waals surface area contributed by atoms with Gasteiger partial charge in [0.05, 0.1) is 31.8 Å². The van der Waals surface area contributed by atoms with Crippen molar-refractivity contribution in [3.05, 3.63) is 70.8 Å². The Balaban J connectivity index is 1.32. The van der Waals surface area contributed by atoms with Crippen molar-refractivity contribution in [2.45, 2.75) is 52.1 Å². The molecule has 29 heavy (non-hydrogen) atoms. The molecule has 2 aliphatic heterocycles. The van der Waals surface area contributed by atoms with Gasteiger partial charge in [0, 0.05) is 11.1 Å². The predicted octanol–water partition coefficient (Wildman–Crippen LogP) is 5.71. The molecule has 0 N–H and O–H groups in total. The van der Waals surface area contributed by atoms with Crippen LogP contribution in [0.15, 0.2) is 48.5 Å². The standard InChI is InChI=1S/C25H32O4/c1-17(2)19-5-9-21(10-6-19)23-26-13-25(14-27-23)15-28-24(29-16-25)22-11-7-20(8-12-22)18(3)4/h5-12,17-18,23-24H,13-16H2,1-4H3. The molecule has 2 aromatic carbocycles. The van der Waals surface area contributed by atoms with Crippen LogP contribution >= 0.6 is 0 Å². The Morgan fingerprint density at radius 1 is 0.586 bits per heavy atom. The van der Waals surface area contributed by atoms with Gasteiger partial charge in [0.1, 0.15) is 0 Å². The van der Waals surface area contributed by atoms with Crippen LogP contribution in [0.5, 0.6) is 0 Å². The molecule has 0 bridgehead atoms. The molecule has 2 heterocycles. The minimum atomic E-state index is -0.317. The highest BCUT2D eigenvalue weighted by molar-refractivity contribution is 5.26. The molecule has 2 saturated heterocycles. The summed E-state index contributed by atoms with van der Waals surface area (Å²) in [4.78, 5) is 0.